The number of aromatic nitrogens is 3. The summed E-state index contributed by atoms with van der Waals surface area (Å²) < 4.78 is 25.7. The predicted octanol–water partition coefficient (Wildman–Crippen LogP) is 14.3. The van der Waals surface area contributed by atoms with Gasteiger partial charge in [-0.25, -0.2) is 4.98 Å². The highest BCUT2D eigenvalue weighted by Crippen LogP contribution is 2.43. The second-order valence-electron chi connectivity index (χ2n) is 15.9. The molecule has 0 aliphatic carbocycles. The second-order valence-corrected chi connectivity index (χ2v) is 15.9. The van der Waals surface area contributed by atoms with E-state index in [0.717, 1.165) is 90.0 Å². The maximum Gasteiger partial charge on any atom is 0.149 e. The molecule has 0 fully saturated rings. The van der Waals surface area contributed by atoms with Crippen molar-refractivity contribution in [1.82, 2.24) is 14.5 Å². The topological polar surface area (TPSA) is 50.9 Å². The highest BCUT2D eigenvalue weighted by atomic mass is 16.3. The first-order valence-electron chi connectivity index (χ1n) is 21.7. The van der Waals surface area contributed by atoms with Crippen LogP contribution in [0.2, 0.25) is 0 Å². The van der Waals surface area contributed by atoms with Crippen molar-refractivity contribution in [1.29, 1.82) is 0 Å². The van der Waals surface area contributed by atoms with E-state index in [1.807, 2.05) is 61.5 Å². The summed E-state index contributed by atoms with van der Waals surface area (Å²) in [5, 5.41) is 11.8. The zero-order valence-electron chi connectivity index (χ0n) is 36.7. The molecule has 2 aromatic heterocycles. The van der Waals surface area contributed by atoms with Gasteiger partial charge >= 0.3 is 0 Å². The Morgan fingerprint density at radius 2 is 1.29 bits per heavy atom. The van der Waals surface area contributed by atoms with Gasteiger partial charge in [0, 0.05) is 27.0 Å². The summed E-state index contributed by atoms with van der Waals surface area (Å²) in [6.07, 6.45) is 2.76. The summed E-state index contributed by atoms with van der Waals surface area (Å²) in [6, 6.07) is 55.6. The molecule has 288 valence electrons. The van der Waals surface area contributed by atoms with Gasteiger partial charge in [-0.3, -0.25) is 9.55 Å². The van der Waals surface area contributed by atoms with E-state index >= 15 is 0 Å². The van der Waals surface area contributed by atoms with Gasteiger partial charge in [-0.2, -0.15) is 0 Å². The quantitative estimate of drug-likeness (QED) is 0.159. The van der Waals surface area contributed by atoms with Crippen LogP contribution in [0.5, 0.6) is 5.75 Å². The summed E-state index contributed by atoms with van der Waals surface area (Å²) in [4.78, 5) is 10.4. The van der Waals surface area contributed by atoms with Crippen molar-refractivity contribution in [2.75, 3.05) is 0 Å². The normalized spacial score (nSPS) is 12.4. The molecule has 0 amide bonds. The third-order valence-corrected chi connectivity index (χ3v) is 11.0. The number of hydrogen-bond donors (Lipinski definition) is 1. The molecule has 0 spiro atoms. The van der Waals surface area contributed by atoms with Crippen LogP contribution < -0.4 is 0 Å². The van der Waals surface area contributed by atoms with E-state index in [1.54, 1.807) is 18.3 Å². The van der Waals surface area contributed by atoms with Crippen molar-refractivity contribution in [3.63, 3.8) is 0 Å². The van der Waals surface area contributed by atoms with Crippen molar-refractivity contribution in [2.24, 2.45) is 5.92 Å². The van der Waals surface area contributed by atoms with Crippen LogP contribution in [0.3, 0.4) is 0 Å². The lowest BCUT2D eigenvalue weighted by molar-refractivity contribution is 0.472. The fourth-order valence-electron chi connectivity index (χ4n) is 8.27. The fourth-order valence-corrected chi connectivity index (χ4v) is 8.27. The minimum atomic E-state index is -2.17. The van der Waals surface area contributed by atoms with Crippen LogP contribution in [-0.2, 0) is 6.42 Å². The summed E-state index contributed by atoms with van der Waals surface area (Å²) in [5.74, 6) is 1.36. The zero-order chi connectivity index (χ0) is 43.1. The highest BCUT2D eigenvalue weighted by molar-refractivity contribution is 5.98. The Labute approximate surface area is 351 Å². The van der Waals surface area contributed by atoms with Gasteiger partial charge < -0.3 is 5.11 Å². The average Bonchev–Trinajstić information content (AvgIpc) is 3.67. The smallest absolute Gasteiger partial charge is 0.149 e. The van der Waals surface area contributed by atoms with Crippen molar-refractivity contribution >= 4 is 11.0 Å². The van der Waals surface area contributed by atoms with Gasteiger partial charge in [0.25, 0.3) is 0 Å². The van der Waals surface area contributed by atoms with Gasteiger partial charge in [0.05, 0.1) is 28.0 Å². The highest BCUT2D eigenvalue weighted by Gasteiger charge is 2.23. The van der Waals surface area contributed by atoms with Gasteiger partial charge in [-0.1, -0.05) is 129 Å². The molecule has 0 atom stereocenters. The third-order valence-electron chi connectivity index (χ3n) is 11.0. The molecule has 0 unspecified atom stereocenters. The van der Waals surface area contributed by atoms with E-state index in [1.165, 1.54) is 5.56 Å². The van der Waals surface area contributed by atoms with Crippen LogP contribution in [0.1, 0.15) is 40.2 Å². The molecule has 0 saturated heterocycles. The number of rotatable bonds is 9. The number of para-hydroxylation sites is 1. The van der Waals surface area contributed by atoms with E-state index in [2.05, 4.69) is 122 Å². The van der Waals surface area contributed by atoms with Crippen molar-refractivity contribution in [2.45, 2.75) is 41.0 Å². The zero-order valence-corrected chi connectivity index (χ0v) is 33.7. The van der Waals surface area contributed by atoms with Crippen LogP contribution in [-0.4, -0.2) is 19.6 Å². The van der Waals surface area contributed by atoms with Crippen LogP contribution in [0.25, 0.3) is 83.9 Å². The molecule has 7 aromatic carbocycles. The molecule has 0 saturated carbocycles. The Morgan fingerprint density at radius 3 is 2.03 bits per heavy atom. The maximum atomic E-state index is 11.8. The minimum Gasteiger partial charge on any atom is -0.507 e. The standard InChI is InChI=1S/C55H47N3O/c1-35(2)27-39-21-24-51(48(30-39)42-15-10-7-11-16-42)58-52-18-12-17-47(53(52)57-55(58)49-29-37(4)28-38(5)54(49)59)45-31-44(40-13-8-6-9-14-40)32-46(33-45)50-34-43(25-26-56-50)41-22-19-36(3)20-23-41/h6-26,28-35,59H,27H2,1-5H3/i3D3. The van der Waals surface area contributed by atoms with E-state index in [-0.39, 0.29) is 5.75 Å². The molecule has 1 N–H and O–H groups in total. The SMILES string of the molecule is [2H]C([2H])([2H])c1ccc(-c2ccnc(-c3cc(-c4ccccc4)cc(-c4cccc5c4nc(-c4cc(C)cc(C)c4O)n5-c4ccc(CC(C)C)cc4-c4ccccc4)c3)c2)cc1. The van der Waals surface area contributed by atoms with Gasteiger partial charge in [0.15, 0.2) is 0 Å². The van der Waals surface area contributed by atoms with Crippen molar-refractivity contribution in [3.8, 4) is 78.6 Å². The monoisotopic (exact) mass is 768 g/mol. The van der Waals surface area contributed by atoms with E-state index in [9.17, 15) is 5.11 Å². The number of hydrogen-bond acceptors (Lipinski definition) is 3. The Hall–Kier alpha value is -7.04. The molecule has 0 aliphatic heterocycles. The fraction of sp³-hybridized carbons (Fsp3) is 0.127. The maximum absolute atomic E-state index is 11.8. The number of nitrogens with zero attached hydrogens (tertiary/aromatic N) is 3. The van der Waals surface area contributed by atoms with Crippen LogP contribution >= 0.6 is 0 Å². The van der Waals surface area contributed by atoms with E-state index in [4.69, 9.17) is 14.1 Å². The Kier molecular flexibility index (Phi) is 9.07. The average molecular weight is 769 g/mol. The number of fused-ring (bicyclic) bond motifs is 1. The van der Waals surface area contributed by atoms with Gasteiger partial charge in [-0.15, -0.1) is 0 Å². The number of phenolic OH excluding ortho intramolecular Hbond substituents is 1. The number of aryl methyl sites for hydroxylation is 3. The summed E-state index contributed by atoms with van der Waals surface area (Å²) >= 11 is 0. The molecule has 0 aliphatic rings. The molecular formula is C55H47N3O. The molecule has 9 aromatic rings. The molecule has 0 bridgehead atoms. The molecule has 2 heterocycles. The Morgan fingerprint density at radius 1 is 0.576 bits per heavy atom. The number of pyridine rings is 1. The summed E-state index contributed by atoms with van der Waals surface area (Å²) in [7, 11) is 0. The van der Waals surface area contributed by atoms with Crippen molar-refractivity contribution < 1.29 is 9.22 Å². The van der Waals surface area contributed by atoms with E-state index < -0.39 is 6.85 Å². The second kappa shape index (κ2) is 15.7. The Balaban J connectivity index is 1.28. The first kappa shape index (κ1) is 34.0. The number of phenols is 1. The minimum absolute atomic E-state index is 0.207. The number of imidazole rings is 1. The molecular weight excluding hydrogens is 719 g/mol. The largest absolute Gasteiger partial charge is 0.507 e. The van der Waals surface area contributed by atoms with Crippen LogP contribution in [0.4, 0.5) is 0 Å². The lowest BCUT2D eigenvalue weighted by atomic mass is 9.93. The van der Waals surface area contributed by atoms with Gasteiger partial charge in [-0.05, 0) is 138 Å². The molecule has 59 heavy (non-hydrogen) atoms. The summed E-state index contributed by atoms with van der Waals surface area (Å²) in [5.41, 5.74) is 16.5. The lowest BCUT2D eigenvalue weighted by Crippen LogP contribution is -2.03. The van der Waals surface area contributed by atoms with Crippen LogP contribution in [0, 0.1) is 26.6 Å². The molecule has 0 radical (unpaired) electrons. The summed E-state index contributed by atoms with van der Waals surface area (Å²) in [6.45, 7) is 6.31. The number of benzene rings is 7. The lowest BCUT2D eigenvalue weighted by Gasteiger charge is -2.18. The van der Waals surface area contributed by atoms with Gasteiger partial charge in [0.2, 0.25) is 0 Å². The molecule has 9 rings (SSSR count). The van der Waals surface area contributed by atoms with E-state index in [0.29, 0.717) is 22.9 Å². The first-order valence-corrected chi connectivity index (χ1v) is 20.2. The predicted molar refractivity (Wildman–Crippen MR) is 246 cm³/mol. The number of aromatic hydroxyl groups is 1. The first-order chi connectivity index (χ1) is 29.9. The van der Waals surface area contributed by atoms with Crippen LogP contribution in [0.15, 0.2) is 170 Å². The molecule has 4 heteroatoms. The third kappa shape index (κ3) is 7.46. The van der Waals surface area contributed by atoms with Gasteiger partial charge in [0.1, 0.15) is 11.6 Å². The Bertz CT molecular complexity index is 3080. The van der Waals surface area contributed by atoms with Crippen molar-refractivity contribution in [3.05, 3.63) is 192 Å². The molecule has 4 nitrogen and oxygen atoms in total.